The van der Waals surface area contributed by atoms with E-state index in [1.54, 1.807) is 6.92 Å². The quantitative estimate of drug-likeness (QED) is 0.608. The maximum absolute atomic E-state index is 13.4. The van der Waals surface area contributed by atoms with Crippen molar-refractivity contribution >= 4 is 22.7 Å². The van der Waals surface area contributed by atoms with Crippen LogP contribution in [0.4, 0.5) is 26.3 Å². The molecule has 0 saturated heterocycles. The maximum Gasteiger partial charge on any atom is 0.433 e. The zero-order valence-corrected chi connectivity index (χ0v) is 17.3. The topological polar surface area (TPSA) is 75.7 Å². The molecule has 0 amide bonds. The predicted octanol–water partition coefficient (Wildman–Crippen LogP) is 5.38. The molecule has 0 aliphatic carbocycles. The molecule has 5 nitrogen and oxygen atoms in total. The number of aromatic nitrogens is 1. The number of nitrogens with zero attached hydrogens (tertiary/aromatic N) is 3. The highest BCUT2D eigenvalue weighted by Crippen LogP contribution is 2.39. The van der Waals surface area contributed by atoms with E-state index >= 15 is 0 Å². The summed E-state index contributed by atoms with van der Waals surface area (Å²) in [6.45, 7) is 3.44. The molecule has 1 aliphatic heterocycles. The molecule has 0 fully saturated rings. The number of amidine groups is 1. The number of hydrogen-bond donors (Lipinski definition) is 2. The fraction of sp³-hybridized carbons (Fsp3) is 0.381. The molecule has 3 rings (SSSR count). The molecule has 11 heteroatoms. The molecule has 2 heterocycles. The molecule has 0 bridgehead atoms. The highest BCUT2D eigenvalue weighted by atomic mass is 19.4. The number of aliphatic imine (C=N–C) groups is 2. The van der Waals surface area contributed by atoms with Gasteiger partial charge in [-0.2, -0.15) is 26.3 Å². The summed E-state index contributed by atoms with van der Waals surface area (Å²) in [5.41, 5.74) is 3.36. The van der Waals surface area contributed by atoms with Gasteiger partial charge in [-0.1, -0.05) is 25.1 Å². The van der Waals surface area contributed by atoms with Crippen molar-refractivity contribution in [2.24, 2.45) is 15.7 Å². The summed E-state index contributed by atoms with van der Waals surface area (Å²) in [5, 5.41) is 2.87. The second-order valence-electron chi connectivity index (χ2n) is 7.50. The van der Waals surface area contributed by atoms with Crippen LogP contribution >= 0.6 is 0 Å². The lowest BCUT2D eigenvalue weighted by molar-refractivity contribution is -0.142. The van der Waals surface area contributed by atoms with Crippen LogP contribution in [0.25, 0.3) is 10.9 Å². The van der Waals surface area contributed by atoms with Crippen molar-refractivity contribution < 1.29 is 26.3 Å². The molecule has 1 aromatic heterocycles. The number of hydrogen-bond acceptors (Lipinski definition) is 4. The summed E-state index contributed by atoms with van der Waals surface area (Å²) in [7, 11) is 0. The van der Waals surface area contributed by atoms with Crippen LogP contribution in [0.3, 0.4) is 0 Å². The molecule has 32 heavy (non-hydrogen) atoms. The summed E-state index contributed by atoms with van der Waals surface area (Å²) >= 11 is 0. The summed E-state index contributed by atoms with van der Waals surface area (Å²) < 4.78 is 80.5. The van der Waals surface area contributed by atoms with Crippen LogP contribution in [-0.4, -0.2) is 23.3 Å². The van der Waals surface area contributed by atoms with Crippen LogP contribution in [0.1, 0.15) is 49.4 Å². The van der Waals surface area contributed by atoms with Gasteiger partial charge in [-0.05, 0) is 31.0 Å². The van der Waals surface area contributed by atoms with E-state index in [-0.39, 0.29) is 23.5 Å². The van der Waals surface area contributed by atoms with Crippen LogP contribution in [0.2, 0.25) is 0 Å². The number of para-hydroxylation sites is 1. The summed E-state index contributed by atoms with van der Waals surface area (Å²) in [6, 6.07) is 4.00. The molecule has 1 aromatic carbocycles. The van der Waals surface area contributed by atoms with E-state index in [0.717, 1.165) is 23.9 Å². The third-order valence-corrected chi connectivity index (χ3v) is 4.94. The first kappa shape index (κ1) is 23.6. The van der Waals surface area contributed by atoms with Gasteiger partial charge in [0, 0.05) is 30.0 Å². The third-order valence-electron chi connectivity index (χ3n) is 4.94. The minimum Gasteiger partial charge on any atom is -0.369 e. The number of rotatable bonds is 3. The van der Waals surface area contributed by atoms with Gasteiger partial charge in [0.2, 0.25) is 0 Å². The van der Waals surface area contributed by atoms with E-state index in [0.29, 0.717) is 18.7 Å². The molecular weight excluding hydrogens is 436 g/mol. The fourth-order valence-corrected chi connectivity index (χ4v) is 3.41. The van der Waals surface area contributed by atoms with Gasteiger partial charge in [0.25, 0.3) is 0 Å². The van der Waals surface area contributed by atoms with Crippen LogP contribution in [0.15, 0.2) is 46.0 Å². The van der Waals surface area contributed by atoms with Crippen molar-refractivity contribution in [2.45, 2.75) is 45.0 Å². The molecule has 172 valence electrons. The molecule has 1 aliphatic rings. The number of fused-ring (bicyclic) bond motifs is 1. The Hall–Kier alpha value is -3.11. The van der Waals surface area contributed by atoms with Gasteiger partial charge in [-0.25, -0.2) is 9.98 Å². The van der Waals surface area contributed by atoms with Crippen LogP contribution in [0, 0.1) is 0 Å². The molecule has 2 aromatic rings. The minimum atomic E-state index is -4.90. The Morgan fingerprint density at radius 2 is 1.88 bits per heavy atom. The van der Waals surface area contributed by atoms with Gasteiger partial charge >= 0.3 is 12.4 Å². The molecule has 3 N–H and O–H groups in total. The lowest BCUT2D eigenvalue weighted by atomic mass is 9.94. The molecular formula is C21H21F6N5. The Balaban J connectivity index is 2.04. The first-order chi connectivity index (χ1) is 14.9. The van der Waals surface area contributed by atoms with Crippen LogP contribution < -0.4 is 11.1 Å². The number of alkyl halides is 6. The van der Waals surface area contributed by atoms with E-state index in [1.807, 2.05) is 13.0 Å². The number of halogens is 6. The summed E-state index contributed by atoms with van der Waals surface area (Å²) in [6.07, 6.45) is -6.74. The molecule has 1 atom stereocenters. The van der Waals surface area contributed by atoms with Crippen molar-refractivity contribution in [1.29, 1.82) is 0 Å². The zero-order chi connectivity index (χ0) is 23.7. The van der Waals surface area contributed by atoms with E-state index in [2.05, 4.69) is 20.3 Å². The number of allylic oxidation sites excluding steroid dienone is 2. The highest BCUT2D eigenvalue weighted by Gasteiger charge is 2.37. The first-order valence-electron chi connectivity index (χ1n) is 9.75. The van der Waals surface area contributed by atoms with Gasteiger partial charge in [0.15, 0.2) is 5.96 Å². The summed E-state index contributed by atoms with van der Waals surface area (Å²) in [5.74, 6) is -0.103. The average Bonchev–Trinajstić information content (AvgIpc) is 2.67. The number of benzene rings is 1. The lowest BCUT2D eigenvalue weighted by Gasteiger charge is -2.18. The van der Waals surface area contributed by atoms with Gasteiger partial charge < -0.3 is 11.1 Å². The smallest absolute Gasteiger partial charge is 0.369 e. The Bertz CT molecular complexity index is 1100. The lowest BCUT2D eigenvalue weighted by Crippen LogP contribution is -2.32. The predicted molar refractivity (Wildman–Crippen MR) is 110 cm³/mol. The van der Waals surface area contributed by atoms with Crippen molar-refractivity contribution in [1.82, 2.24) is 10.3 Å². The van der Waals surface area contributed by atoms with Gasteiger partial charge in [-0.15, -0.1) is 0 Å². The second kappa shape index (κ2) is 8.79. The summed E-state index contributed by atoms with van der Waals surface area (Å²) in [4.78, 5) is 11.8. The molecule has 1 unspecified atom stereocenters. The van der Waals surface area contributed by atoms with Crippen LogP contribution in [0.5, 0.6) is 0 Å². The Morgan fingerprint density at radius 3 is 2.53 bits per heavy atom. The minimum absolute atomic E-state index is 0.00133. The van der Waals surface area contributed by atoms with Gasteiger partial charge in [0.1, 0.15) is 11.5 Å². The number of pyridine rings is 1. The highest BCUT2D eigenvalue weighted by molar-refractivity contribution is 5.96. The second-order valence-corrected chi connectivity index (χ2v) is 7.50. The molecule has 0 saturated carbocycles. The standard InChI is InChI=1S/C21H21F6N5/c1-11(10-29-17-8-3-5-12(2)30-19(28)32-17)14-9-16(21(25,26)27)31-18-13(14)6-4-7-15(18)20(22,23)24/h4-7,9,11H,3,8,10H2,1-2H3,(H3,28,29,30,32)/b12-5-. The van der Waals surface area contributed by atoms with E-state index in [1.165, 1.54) is 6.07 Å². The van der Waals surface area contributed by atoms with E-state index in [9.17, 15) is 26.3 Å². The third kappa shape index (κ3) is 5.38. The van der Waals surface area contributed by atoms with Gasteiger partial charge in [-0.3, -0.25) is 4.99 Å². The zero-order valence-electron chi connectivity index (χ0n) is 17.3. The Labute approximate surface area is 180 Å². The monoisotopic (exact) mass is 457 g/mol. The number of nitrogens with two attached hydrogens (primary N) is 1. The Morgan fingerprint density at radius 1 is 1.16 bits per heavy atom. The van der Waals surface area contributed by atoms with Crippen molar-refractivity contribution in [3.8, 4) is 0 Å². The van der Waals surface area contributed by atoms with Crippen molar-refractivity contribution in [3.63, 3.8) is 0 Å². The first-order valence-corrected chi connectivity index (χ1v) is 9.75. The largest absolute Gasteiger partial charge is 0.433 e. The van der Waals surface area contributed by atoms with Gasteiger partial charge in [0.05, 0.1) is 11.1 Å². The number of nitrogens with one attached hydrogen (secondary N) is 1. The fourth-order valence-electron chi connectivity index (χ4n) is 3.41. The van der Waals surface area contributed by atoms with Crippen LogP contribution in [-0.2, 0) is 12.4 Å². The van der Waals surface area contributed by atoms with Crippen molar-refractivity contribution in [3.05, 3.63) is 52.9 Å². The molecule has 0 spiro atoms. The van der Waals surface area contributed by atoms with Crippen molar-refractivity contribution in [2.75, 3.05) is 6.54 Å². The maximum atomic E-state index is 13.4. The van der Waals surface area contributed by atoms with E-state index in [4.69, 9.17) is 5.73 Å². The normalized spacial score (nSPS) is 19.6. The van der Waals surface area contributed by atoms with E-state index < -0.39 is 35.0 Å². The number of guanidine groups is 1. The average molecular weight is 457 g/mol. The SMILES string of the molecule is C/C1=C/CCC(=NCC(C)c2cc(C(F)(F)F)nc3c(C(F)(F)F)cccc23)N=C(N)N1. The Kier molecular flexibility index (Phi) is 6.47. The molecule has 0 radical (unpaired) electrons.